The van der Waals surface area contributed by atoms with Crippen LogP contribution in [0.15, 0.2) is 35.7 Å². The molecule has 0 aliphatic heterocycles. The topological polar surface area (TPSA) is 49.8 Å². The molecule has 15 heavy (non-hydrogen) atoms. The Bertz CT molecular complexity index is 491. The lowest BCUT2D eigenvalue weighted by atomic mass is 10.1. The number of nitriles is 1. The van der Waals surface area contributed by atoms with Crippen LogP contribution in [0.25, 0.3) is 11.1 Å². The van der Waals surface area contributed by atoms with E-state index in [1.54, 1.807) is 0 Å². The predicted octanol–water partition coefficient (Wildman–Crippen LogP) is 2.75. The zero-order valence-corrected chi connectivity index (χ0v) is 8.92. The highest BCUT2D eigenvalue weighted by Crippen LogP contribution is 2.27. The van der Waals surface area contributed by atoms with Gasteiger partial charge >= 0.3 is 0 Å². The van der Waals surface area contributed by atoms with Crippen LogP contribution in [0, 0.1) is 11.3 Å². The monoisotopic (exact) mass is 214 g/mol. The zero-order valence-electron chi connectivity index (χ0n) is 8.10. The van der Waals surface area contributed by atoms with Crippen molar-refractivity contribution in [2.75, 3.05) is 0 Å². The molecule has 1 aromatic heterocycles. The molecule has 0 spiro atoms. The van der Waals surface area contributed by atoms with Gasteiger partial charge in [-0.1, -0.05) is 24.3 Å². The first-order valence-corrected chi connectivity index (χ1v) is 5.50. The van der Waals surface area contributed by atoms with Crippen molar-refractivity contribution in [1.29, 1.82) is 5.26 Å². The second kappa shape index (κ2) is 4.26. The number of rotatable bonds is 2. The van der Waals surface area contributed by atoms with Crippen LogP contribution in [0.5, 0.6) is 0 Å². The van der Waals surface area contributed by atoms with E-state index in [4.69, 9.17) is 11.0 Å². The molecule has 2 rings (SSSR count). The van der Waals surface area contributed by atoms with E-state index in [0.29, 0.717) is 6.54 Å². The van der Waals surface area contributed by atoms with Gasteiger partial charge in [-0.05, 0) is 22.6 Å². The summed E-state index contributed by atoms with van der Waals surface area (Å²) in [6.45, 7) is 0.551. The first-order chi connectivity index (χ1) is 7.35. The molecule has 0 fully saturated rings. The van der Waals surface area contributed by atoms with Gasteiger partial charge in [-0.3, -0.25) is 0 Å². The fourth-order valence-corrected chi connectivity index (χ4v) is 2.15. The Morgan fingerprint density at radius 3 is 2.53 bits per heavy atom. The smallest absolute Gasteiger partial charge is 0.112 e. The van der Waals surface area contributed by atoms with Crippen molar-refractivity contribution >= 4 is 11.3 Å². The van der Waals surface area contributed by atoms with E-state index in [0.717, 1.165) is 21.6 Å². The van der Waals surface area contributed by atoms with Crippen molar-refractivity contribution in [1.82, 2.24) is 0 Å². The summed E-state index contributed by atoms with van der Waals surface area (Å²) in [5, 5.41) is 10.8. The lowest BCUT2D eigenvalue weighted by Crippen LogP contribution is -1.95. The van der Waals surface area contributed by atoms with E-state index >= 15 is 0 Å². The van der Waals surface area contributed by atoms with E-state index < -0.39 is 0 Å². The summed E-state index contributed by atoms with van der Waals surface area (Å²) in [7, 11) is 0. The third kappa shape index (κ3) is 1.91. The van der Waals surface area contributed by atoms with Crippen LogP contribution in [-0.4, -0.2) is 0 Å². The summed E-state index contributed by atoms with van der Waals surface area (Å²) in [6, 6.07) is 12.2. The van der Waals surface area contributed by atoms with Crippen LogP contribution in [0.2, 0.25) is 0 Å². The molecule has 2 N–H and O–H groups in total. The lowest BCUT2D eigenvalue weighted by Gasteiger charge is -2.00. The van der Waals surface area contributed by atoms with Gasteiger partial charge in [-0.15, -0.1) is 11.3 Å². The first kappa shape index (κ1) is 9.91. The molecule has 0 amide bonds. The minimum Gasteiger partial charge on any atom is -0.326 e. The van der Waals surface area contributed by atoms with Crippen molar-refractivity contribution < 1.29 is 0 Å². The summed E-state index contributed by atoms with van der Waals surface area (Å²) in [4.78, 5) is 0.760. The van der Waals surface area contributed by atoms with Crippen molar-refractivity contribution in [3.8, 4) is 17.2 Å². The van der Waals surface area contributed by atoms with Crippen LogP contribution in [0.3, 0.4) is 0 Å². The van der Waals surface area contributed by atoms with Crippen molar-refractivity contribution in [3.63, 3.8) is 0 Å². The molecule has 3 heteroatoms. The molecular weight excluding hydrogens is 204 g/mol. The van der Waals surface area contributed by atoms with Crippen molar-refractivity contribution in [2.45, 2.75) is 6.54 Å². The molecule has 2 nitrogen and oxygen atoms in total. The van der Waals surface area contributed by atoms with Crippen LogP contribution < -0.4 is 5.73 Å². The maximum Gasteiger partial charge on any atom is 0.112 e. The average Bonchev–Trinajstić information content (AvgIpc) is 2.77. The lowest BCUT2D eigenvalue weighted by molar-refractivity contribution is 1.07. The van der Waals surface area contributed by atoms with E-state index in [2.05, 4.69) is 6.07 Å². The van der Waals surface area contributed by atoms with Crippen LogP contribution in [-0.2, 0) is 6.54 Å². The quantitative estimate of drug-likeness (QED) is 0.835. The number of nitrogens with two attached hydrogens (primary N) is 1. The fourth-order valence-electron chi connectivity index (χ4n) is 1.44. The number of thiophene rings is 1. The molecular formula is C12H10N2S. The molecule has 0 aliphatic rings. The third-order valence-corrected chi connectivity index (χ3v) is 3.09. The molecule has 74 valence electrons. The molecule has 0 aliphatic carbocycles. The molecule has 0 saturated carbocycles. The third-order valence-electron chi connectivity index (χ3n) is 2.27. The van der Waals surface area contributed by atoms with Gasteiger partial charge in [0.15, 0.2) is 0 Å². The van der Waals surface area contributed by atoms with Gasteiger partial charge in [-0.2, -0.15) is 5.26 Å². The Hall–Kier alpha value is -1.63. The number of benzene rings is 1. The van der Waals surface area contributed by atoms with Gasteiger partial charge < -0.3 is 5.73 Å². The van der Waals surface area contributed by atoms with Gasteiger partial charge in [-0.25, -0.2) is 0 Å². The maximum atomic E-state index is 8.91. The normalized spacial score (nSPS) is 9.87. The summed E-state index contributed by atoms with van der Waals surface area (Å²) in [5.41, 5.74) is 8.71. The van der Waals surface area contributed by atoms with E-state index in [1.807, 2.05) is 35.7 Å². The molecule has 0 unspecified atom stereocenters. The number of hydrogen-bond acceptors (Lipinski definition) is 3. The Morgan fingerprint density at radius 2 is 1.93 bits per heavy atom. The van der Waals surface area contributed by atoms with Crippen LogP contribution in [0.1, 0.15) is 10.4 Å². The molecule has 0 atom stereocenters. The van der Waals surface area contributed by atoms with Gasteiger partial charge in [0.05, 0.1) is 0 Å². The first-order valence-electron chi connectivity index (χ1n) is 4.62. The zero-order chi connectivity index (χ0) is 10.7. The molecule has 0 radical (unpaired) electrons. The highest BCUT2D eigenvalue weighted by atomic mass is 32.1. The Kier molecular flexibility index (Phi) is 2.82. The molecule has 2 aromatic rings. The highest BCUT2D eigenvalue weighted by Gasteiger charge is 2.05. The Balaban J connectivity index is 2.42. The SMILES string of the molecule is N#Cc1sccc1-c1ccc(CN)cc1. The second-order valence-electron chi connectivity index (χ2n) is 3.18. The van der Waals surface area contributed by atoms with Crippen LogP contribution in [0.4, 0.5) is 0 Å². The Labute approximate surface area is 92.6 Å². The van der Waals surface area contributed by atoms with Crippen molar-refractivity contribution in [3.05, 3.63) is 46.2 Å². The highest BCUT2D eigenvalue weighted by molar-refractivity contribution is 7.11. The maximum absolute atomic E-state index is 8.91. The minimum absolute atomic E-state index is 0.551. The van der Waals surface area contributed by atoms with E-state index in [9.17, 15) is 0 Å². The summed E-state index contributed by atoms with van der Waals surface area (Å²) < 4.78 is 0. The van der Waals surface area contributed by atoms with Gasteiger partial charge in [0, 0.05) is 12.1 Å². The summed E-state index contributed by atoms with van der Waals surface area (Å²) in [6.07, 6.45) is 0. The largest absolute Gasteiger partial charge is 0.326 e. The number of nitrogens with zero attached hydrogens (tertiary/aromatic N) is 1. The standard InChI is InChI=1S/C12H10N2S/c13-7-9-1-3-10(4-2-9)11-5-6-15-12(11)8-14/h1-6H,7,13H2. The van der Waals surface area contributed by atoms with E-state index in [-0.39, 0.29) is 0 Å². The minimum atomic E-state index is 0.551. The van der Waals surface area contributed by atoms with Gasteiger partial charge in [0.1, 0.15) is 10.9 Å². The summed E-state index contributed by atoms with van der Waals surface area (Å²) in [5.74, 6) is 0. The Morgan fingerprint density at radius 1 is 1.20 bits per heavy atom. The average molecular weight is 214 g/mol. The fraction of sp³-hybridized carbons (Fsp3) is 0.0833. The molecule has 0 bridgehead atoms. The second-order valence-corrected chi connectivity index (χ2v) is 4.09. The van der Waals surface area contributed by atoms with E-state index in [1.165, 1.54) is 11.3 Å². The van der Waals surface area contributed by atoms with Gasteiger partial charge in [0.25, 0.3) is 0 Å². The molecule has 1 aromatic carbocycles. The number of hydrogen-bond donors (Lipinski definition) is 1. The van der Waals surface area contributed by atoms with Gasteiger partial charge in [0.2, 0.25) is 0 Å². The molecule has 1 heterocycles. The summed E-state index contributed by atoms with van der Waals surface area (Å²) >= 11 is 1.47. The van der Waals surface area contributed by atoms with Crippen LogP contribution >= 0.6 is 11.3 Å². The molecule has 0 saturated heterocycles. The predicted molar refractivity (Wildman–Crippen MR) is 62.4 cm³/mol. The van der Waals surface area contributed by atoms with Crippen molar-refractivity contribution in [2.24, 2.45) is 5.73 Å².